The quantitative estimate of drug-likeness (QED) is 0.721. The van der Waals surface area contributed by atoms with Gasteiger partial charge in [0.2, 0.25) is 5.91 Å². The Balaban J connectivity index is 0.00000256. The van der Waals surface area contributed by atoms with E-state index in [1.807, 2.05) is 12.1 Å². The van der Waals surface area contributed by atoms with E-state index >= 15 is 0 Å². The summed E-state index contributed by atoms with van der Waals surface area (Å²) in [6.07, 6.45) is 4.94. The van der Waals surface area contributed by atoms with Crippen LogP contribution < -0.4 is 10.6 Å². The second-order valence-corrected chi connectivity index (χ2v) is 3.64. The van der Waals surface area contributed by atoms with Crippen LogP contribution in [0.5, 0.6) is 0 Å². The number of hydrogen-bond donors (Lipinski definition) is 2. The fourth-order valence-corrected chi connectivity index (χ4v) is 1.34. The van der Waals surface area contributed by atoms with Gasteiger partial charge in [-0.2, -0.15) is 0 Å². The Morgan fingerprint density at radius 1 is 1.35 bits per heavy atom. The molecule has 0 aliphatic heterocycles. The normalized spacial score (nSPS) is 9.47. The van der Waals surface area contributed by atoms with E-state index in [0.717, 1.165) is 25.1 Å². The average molecular weight is 258 g/mol. The molecule has 96 valence electrons. The Bertz CT molecular complexity index is 306. The summed E-state index contributed by atoms with van der Waals surface area (Å²) in [6.45, 7) is 4.62. The predicted molar refractivity (Wildman–Crippen MR) is 71.4 cm³/mol. The number of halogens is 1. The van der Waals surface area contributed by atoms with Crippen LogP contribution in [0.4, 0.5) is 0 Å². The molecule has 17 heavy (non-hydrogen) atoms. The van der Waals surface area contributed by atoms with E-state index in [0.29, 0.717) is 13.0 Å². The van der Waals surface area contributed by atoms with Crippen molar-refractivity contribution in [2.75, 3.05) is 19.6 Å². The molecule has 2 N–H and O–H groups in total. The van der Waals surface area contributed by atoms with Crippen LogP contribution in [-0.4, -0.2) is 30.5 Å². The van der Waals surface area contributed by atoms with E-state index in [2.05, 4.69) is 22.5 Å². The number of pyridine rings is 1. The highest BCUT2D eigenvalue weighted by Crippen LogP contribution is 1.95. The molecule has 0 radical (unpaired) electrons. The lowest BCUT2D eigenvalue weighted by molar-refractivity contribution is -0.120. The maximum atomic E-state index is 11.5. The number of carbonyl (C=O) groups is 1. The van der Waals surface area contributed by atoms with Crippen molar-refractivity contribution in [2.45, 2.75) is 19.8 Å². The summed E-state index contributed by atoms with van der Waals surface area (Å²) >= 11 is 0. The summed E-state index contributed by atoms with van der Waals surface area (Å²) in [5, 5.41) is 6.09. The predicted octanol–water partition coefficient (Wildman–Crippen LogP) is 1.16. The van der Waals surface area contributed by atoms with Crippen molar-refractivity contribution >= 4 is 18.3 Å². The van der Waals surface area contributed by atoms with Crippen LogP contribution in [-0.2, 0) is 11.2 Å². The molecule has 0 bridgehead atoms. The van der Waals surface area contributed by atoms with E-state index in [9.17, 15) is 4.79 Å². The summed E-state index contributed by atoms with van der Waals surface area (Å²) in [5.74, 6) is 0.0475. The topological polar surface area (TPSA) is 54.0 Å². The molecule has 5 heteroatoms. The Morgan fingerprint density at radius 2 is 2.18 bits per heavy atom. The lowest BCUT2D eigenvalue weighted by Gasteiger charge is -2.05. The molecule has 0 spiro atoms. The molecule has 0 aromatic carbocycles. The third-order valence-corrected chi connectivity index (χ3v) is 2.14. The van der Waals surface area contributed by atoms with Crippen molar-refractivity contribution in [3.63, 3.8) is 0 Å². The van der Waals surface area contributed by atoms with Gasteiger partial charge in [-0.05, 0) is 24.6 Å². The summed E-state index contributed by atoms with van der Waals surface area (Å²) in [6, 6.07) is 3.74. The molecule has 1 aromatic rings. The van der Waals surface area contributed by atoms with E-state index in [1.165, 1.54) is 0 Å². The molecule has 1 amide bonds. The van der Waals surface area contributed by atoms with Gasteiger partial charge in [-0.3, -0.25) is 9.78 Å². The first-order valence-electron chi connectivity index (χ1n) is 5.69. The molecule has 0 atom stereocenters. The number of rotatable bonds is 7. The Morgan fingerprint density at radius 3 is 2.82 bits per heavy atom. The van der Waals surface area contributed by atoms with E-state index in [-0.39, 0.29) is 18.3 Å². The van der Waals surface area contributed by atoms with Gasteiger partial charge in [0.1, 0.15) is 0 Å². The second-order valence-electron chi connectivity index (χ2n) is 3.64. The zero-order valence-corrected chi connectivity index (χ0v) is 10.9. The number of hydrogen-bond acceptors (Lipinski definition) is 3. The molecule has 0 saturated heterocycles. The average Bonchev–Trinajstić information content (AvgIpc) is 2.30. The van der Waals surface area contributed by atoms with Gasteiger partial charge in [0.05, 0.1) is 6.42 Å². The van der Waals surface area contributed by atoms with E-state index in [4.69, 9.17) is 0 Å². The first-order valence-corrected chi connectivity index (χ1v) is 5.69. The first kappa shape index (κ1) is 15.9. The fraction of sp³-hybridized carbons (Fsp3) is 0.500. The van der Waals surface area contributed by atoms with Crippen LogP contribution in [0, 0.1) is 0 Å². The van der Waals surface area contributed by atoms with Gasteiger partial charge in [0, 0.05) is 25.5 Å². The summed E-state index contributed by atoms with van der Waals surface area (Å²) in [7, 11) is 0. The monoisotopic (exact) mass is 257 g/mol. The Labute approximate surface area is 109 Å². The van der Waals surface area contributed by atoms with Crippen molar-refractivity contribution in [3.8, 4) is 0 Å². The number of nitrogens with one attached hydrogen (secondary N) is 2. The molecule has 1 rings (SSSR count). The van der Waals surface area contributed by atoms with Gasteiger partial charge in [-0.25, -0.2) is 0 Å². The lowest BCUT2D eigenvalue weighted by Crippen LogP contribution is -2.33. The van der Waals surface area contributed by atoms with Gasteiger partial charge in [0.15, 0.2) is 0 Å². The van der Waals surface area contributed by atoms with Crippen LogP contribution >= 0.6 is 12.4 Å². The van der Waals surface area contributed by atoms with Gasteiger partial charge in [-0.15, -0.1) is 12.4 Å². The standard InChI is InChI=1S/C12H19N3O.ClH/c1-2-5-13-7-8-15-12(16)9-11-4-3-6-14-10-11;/h3-4,6,10,13H,2,5,7-9H2,1H3,(H,15,16);1H. The highest BCUT2D eigenvalue weighted by Gasteiger charge is 2.01. The molecule has 0 aliphatic carbocycles. The maximum absolute atomic E-state index is 11.5. The van der Waals surface area contributed by atoms with Crippen LogP contribution in [0.2, 0.25) is 0 Å². The van der Waals surface area contributed by atoms with Gasteiger partial charge < -0.3 is 10.6 Å². The van der Waals surface area contributed by atoms with Gasteiger partial charge >= 0.3 is 0 Å². The molecule has 4 nitrogen and oxygen atoms in total. The minimum absolute atomic E-state index is 0. The van der Waals surface area contributed by atoms with Gasteiger partial charge in [0.25, 0.3) is 0 Å². The third-order valence-electron chi connectivity index (χ3n) is 2.14. The van der Waals surface area contributed by atoms with Crippen LogP contribution in [0.3, 0.4) is 0 Å². The summed E-state index contributed by atoms with van der Waals surface area (Å²) < 4.78 is 0. The second kappa shape index (κ2) is 10.1. The highest BCUT2D eigenvalue weighted by atomic mass is 35.5. The van der Waals surface area contributed by atoms with E-state index in [1.54, 1.807) is 12.4 Å². The maximum Gasteiger partial charge on any atom is 0.224 e. The zero-order valence-electron chi connectivity index (χ0n) is 10.1. The minimum atomic E-state index is 0. The lowest BCUT2D eigenvalue weighted by atomic mass is 10.2. The smallest absolute Gasteiger partial charge is 0.224 e. The van der Waals surface area contributed by atoms with Crippen LogP contribution in [0.25, 0.3) is 0 Å². The van der Waals surface area contributed by atoms with Crippen molar-refractivity contribution in [3.05, 3.63) is 30.1 Å². The van der Waals surface area contributed by atoms with Crippen molar-refractivity contribution in [1.82, 2.24) is 15.6 Å². The Hall–Kier alpha value is -1.13. The number of nitrogens with zero attached hydrogens (tertiary/aromatic N) is 1. The van der Waals surface area contributed by atoms with Crippen LogP contribution in [0.15, 0.2) is 24.5 Å². The van der Waals surface area contributed by atoms with E-state index < -0.39 is 0 Å². The van der Waals surface area contributed by atoms with Crippen molar-refractivity contribution in [1.29, 1.82) is 0 Å². The SMILES string of the molecule is CCCNCCNC(=O)Cc1cccnc1.Cl. The third kappa shape index (κ3) is 7.71. The molecule has 1 aromatic heterocycles. The number of carbonyl (C=O) groups excluding carboxylic acids is 1. The largest absolute Gasteiger partial charge is 0.355 e. The minimum Gasteiger partial charge on any atom is -0.355 e. The molecule has 1 heterocycles. The van der Waals surface area contributed by atoms with Crippen LogP contribution in [0.1, 0.15) is 18.9 Å². The Kier molecular flexibility index (Phi) is 9.38. The molecular weight excluding hydrogens is 238 g/mol. The summed E-state index contributed by atoms with van der Waals surface area (Å²) in [4.78, 5) is 15.4. The number of aromatic nitrogens is 1. The highest BCUT2D eigenvalue weighted by molar-refractivity contribution is 5.85. The fourth-order valence-electron chi connectivity index (χ4n) is 1.34. The first-order chi connectivity index (χ1) is 7.83. The molecular formula is C12H20ClN3O. The van der Waals surface area contributed by atoms with Gasteiger partial charge in [-0.1, -0.05) is 13.0 Å². The zero-order chi connectivity index (χ0) is 11.6. The molecule has 0 aliphatic rings. The summed E-state index contributed by atoms with van der Waals surface area (Å²) in [5.41, 5.74) is 0.946. The molecule has 0 unspecified atom stereocenters. The number of amides is 1. The van der Waals surface area contributed by atoms with Crippen molar-refractivity contribution < 1.29 is 4.79 Å². The van der Waals surface area contributed by atoms with Crippen molar-refractivity contribution in [2.24, 2.45) is 0 Å². The molecule has 0 fully saturated rings. The molecule has 0 saturated carbocycles.